The average molecular weight is 777 g/mol. The summed E-state index contributed by atoms with van der Waals surface area (Å²) in [5.74, 6) is -1.22. The molecule has 58 heavy (non-hydrogen) atoms. The lowest BCUT2D eigenvalue weighted by Gasteiger charge is -2.23. The van der Waals surface area contributed by atoms with Crippen molar-refractivity contribution >= 4 is 35.4 Å². The lowest BCUT2D eigenvalue weighted by Crippen LogP contribution is -2.41. The van der Waals surface area contributed by atoms with E-state index in [0.717, 1.165) is 11.1 Å². The van der Waals surface area contributed by atoms with Gasteiger partial charge in [-0.25, -0.2) is 14.6 Å². The summed E-state index contributed by atoms with van der Waals surface area (Å²) in [7, 11) is 0. The fourth-order valence-corrected chi connectivity index (χ4v) is 5.87. The molecule has 5 aromatic carbocycles. The zero-order valence-electron chi connectivity index (χ0n) is 32.7. The predicted octanol–water partition coefficient (Wildman–Crippen LogP) is 9.46. The molecule has 1 unspecified atom stereocenters. The number of rotatable bonds is 13. The Hall–Kier alpha value is -7.27. The third-order valence-electron chi connectivity index (χ3n) is 8.67. The number of benzene rings is 5. The molecule has 0 spiro atoms. The van der Waals surface area contributed by atoms with Crippen LogP contribution >= 0.6 is 0 Å². The highest BCUT2D eigenvalue weighted by molar-refractivity contribution is 6.10. The van der Waals surface area contributed by atoms with Gasteiger partial charge in [-0.05, 0) is 86.8 Å². The fourth-order valence-electron chi connectivity index (χ4n) is 5.87. The Labute approximate surface area is 337 Å². The minimum atomic E-state index is -0.955. The fraction of sp³-hybridized carbons (Fsp3) is 0.170. The molecule has 1 aromatic heterocycles. The number of amides is 3. The number of hydrogen-bond acceptors (Lipinski definition) is 8. The number of carbonyl (C=O) groups is 4. The summed E-state index contributed by atoms with van der Waals surface area (Å²) in [6, 6.07) is 42.5. The molecule has 0 saturated carbocycles. The van der Waals surface area contributed by atoms with Crippen molar-refractivity contribution in [2.24, 2.45) is 0 Å². The van der Waals surface area contributed by atoms with Crippen molar-refractivity contribution < 1.29 is 33.4 Å². The maximum Gasteiger partial charge on any atom is 0.408 e. The van der Waals surface area contributed by atoms with Crippen molar-refractivity contribution in [3.8, 4) is 28.1 Å². The van der Waals surface area contributed by atoms with E-state index in [1.807, 2.05) is 84.9 Å². The maximum absolute atomic E-state index is 14.2. The number of carbonyl (C=O) groups excluding carboxylic acids is 4. The number of anilines is 2. The van der Waals surface area contributed by atoms with Crippen molar-refractivity contribution in [3.63, 3.8) is 0 Å². The molecule has 294 valence electrons. The number of ether oxygens (including phenoxy) is 3. The highest BCUT2D eigenvalue weighted by Gasteiger charge is 2.28. The zero-order chi connectivity index (χ0) is 41.1. The van der Waals surface area contributed by atoms with E-state index >= 15 is 0 Å². The van der Waals surface area contributed by atoms with Crippen LogP contribution in [0.25, 0.3) is 22.4 Å². The quantitative estimate of drug-likeness (QED) is 0.0985. The highest BCUT2D eigenvalue weighted by atomic mass is 16.6. The molecule has 6 aromatic rings. The van der Waals surface area contributed by atoms with E-state index in [0.29, 0.717) is 39.4 Å². The van der Waals surface area contributed by atoms with Gasteiger partial charge in [0.25, 0.3) is 5.91 Å². The van der Waals surface area contributed by atoms with E-state index in [9.17, 15) is 19.2 Å². The molecular formula is C47H44N4O7. The number of nitrogens with one attached hydrogen (secondary N) is 3. The number of aromatic nitrogens is 1. The van der Waals surface area contributed by atoms with Crippen LogP contribution in [0, 0.1) is 0 Å². The Morgan fingerprint density at radius 3 is 1.97 bits per heavy atom. The van der Waals surface area contributed by atoms with Crippen LogP contribution in [0.2, 0.25) is 0 Å². The van der Waals surface area contributed by atoms with Crippen LogP contribution < -0.4 is 20.7 Å². The summed E-state index contributed by atoms with van der Waals surface area (Å²) in [6.07, 6.45) is -0.746. The Kier molecular flexibility index (Phi) is 12.9. The lowest BCUT2D eigenvalue weighted by molar-refractivity contribution is -0.117. The van der Waals surface area contributed by atoms with Crippen molar-refractivity contribution in [2.75, 3.05) is 10.6 Å². The number of esters is 1. The topological polar surface area (TPSA) is 145 Å². The maximum atomic E-state index is 14.2. The van der Waals surface area contributed by atoms with Crippen LogP contribution in [0.3, 0.4) is 0 Å². The minimum Gasteiger partial charge on any atom is -0.488 e. The minimum absolute atomic E-state index is 0.00492. The lowest BCUT2D eigenvalue weighted by atomic mass is 9.96. The Morgan fingerprint density at radius 2 is 1.29 bits per heavy atom. The SMILES string of the molecule is CC(NC(=O)OCc1ccccc1)C(=O)Nc1cccc(-c2cc(-c3ccccc3OCc3ccccc3)nc(NC(=O)c3ccccc3)c2C(=O)OC(C)(C)C)c1. The van der Waals surface area contributed by atoms with Crippen molar-refractivity contribution in [3.05, 3.63) is 168 Å². The van der Waals surface area contributed by atoms with Gasteiger partial charge in [0.2, 0.25) is 5.91 Å². The van der Waals surface area contributed by atoms with Gasteiger partial charge in [-0.1, -0.05) is 103 Å². The molecule has 0 aliphatic rings. The van der Waals surface area contributed by atoms with Gasteiger partial charge in [0.15, 0.2) is 0 Å². The predicted molar refractivity (Wildman–Crippen MR) is 223 cm³/mol. The first kappa shape index (κ1) is 40.4. The van der Waals surface area contributed by atoms with Crippen LogP contribution in [0.5, 0.6) is 5.75 Å². The number of para-hydroxylation sites is 1. The van der Waals surface area contributed by atoms with Gasteiger partial charge in [0.1, 0.15) is 42.0 Å². The Balaban J connectivity index is 1.38. The third-order valence-corrected chi connectivity index (χ3v) is 8.67. The molecule has 0 fully saturated rings. The second kappa shape index (κ2) is 18.6. The van der Waals surface area contributed by atoms with Crippen LogP contribution in [-0.4, -0.2) is 40.5 Å². The summed E-state index contributed by atoms with van der Waals surface area (Å²) < 4.78 is 17.5. The van der Waals surface area contributed by atoms with Crippen LogP contribution in [0.1, 0.15) is 59.5 Å². The van der Waals surface area contributed by atoms with Crippen LogP contribution in [0.15, 0.2) is 146 Å². The third kappa shape index (κ3) is 10.9. The molecule has 11 heteroatoms. The first-order chi connectivity index (χ1) is 27.9. The molecule has 0 radical (unpaired) electrons. The van der Waals surface area contributed by atoms with E-state index in [1.165, 1.54) is 6.92 Å². The number of hydrogen-bond donors (Lipinski definition) is 3. The van der Waals surface area contributed by atoms with Crippen molar-refractivity contribution in [1.82, 2.24) is 10.3 Å². The number of alkyl carbamates (subject to hydrolysis) is 1. The van der Waals surface area contributed by atoms with Crippen molar-refractivity contribution in [1.29, 1.82) is 0 Å². The summed E-state index contributed by atoms with van der Waals surface area (Å²) in [4.78, 5) is 58.6. The van der Waals surface area contributed by atoms with Crippen LogP contribution in [-0.2, 0) is 27.5 Å². The standard InChI is InChI=1S/C47H44N4O7/c1-31(48-46(55)57-30-33-19-10-6-11-20-33)43(52)49-36-24-16-23-35(27-36)38-28-39(37-25-14-15-26-40(37)56-29-32-17-8-5-9-18-32)50-42(41(38)45(54)58-47(2,3)4)51-44(53)34-21-12-7-13-22-34/h5-28,31H,29-30H2,1-4H3,(H,48,55)(H,49,52)(H,50,51,53). The van der Waals surface area contributed by atoms with Gasteiger partial charge in [-0.2, -0.15) is 0 Å². The number of nitrogens with zero attached hydrogens (tertiary/aromatic N) is 1. The molecule has 0 aliphatic carbocycles. The summed E-state index contributed by atoms with van der Waals surface area (Å²) in [6.45, 7) is 7.12. The molecule has 0 saturated heterocycles. The second-order valence-electron chi connectivity index (χ2n) is 14.4. The number of pyridine rings is 1. The molecule has 0 bridgehead atoms. The van der Waals surface area contributed by atoms with Crippen molar-refractivity contribution in [2.45, 2.75) is 52.6 Å². The highest BCUT2D eigenvalue weighted by Crippen LogP contribution is 2.38. The smallest absolute Gasteiger partial charge is 0.408 e. The van der Waals surface area contributed by atoms with E-state index in [4.69, 9.17) is 19.2 Å². The van der Waals surface area contributed by atoms with E-state index < -0.39 is 35.5 Å². The first-order valence-corrected chi connectivity index (χ1v) is 18.7. The van der Waals surface area contributed by atoms with Gasteiger partial charge >= 0.3 is 12.1 Å². The molecule has 1 heterocycles. The molecule has 6 rings (SSSR count). The molecule has 0 aliphatic heterocycles. The van der Waals surface area contributed by atoms with Gasteiger partial charge in [0, 0.05) is 22.4 Å². The molecule has 3 amide bonds. The van der Waals surface area contributed by atoms with Gasteiger partial charge < -0.3 is 30.2 Å². The monoisotopic (exact) mass is 776 g/mol. The van der Waals surface area contributed by atoms with E-state index in [1.54, 1.807) is 81.4 Å². The molecule has 3 N–H and O–H groups in total. The van der Waals surface area contributed by atoms with Gasteiger partial charge in [-0.15, -0.1) is 0 Å². The van der Waals surface area contributed by atoms with E-state index in [2.05, 4.69) is 16.0 Å². The molecule has 1 atom stereocenters. The largest absolute Gasteiger partial charge is 0.488 e. The summed E-state index contributed by atoms with van der Waals surface area (Å²) in [5.41, 5.74) is 3.49. The molecular weight excluding hydrogens is 733 g/mol. The van der Waals surface area contributed by atoms with Crippen LogP contribution in [0.4, 0.5) is 16.3 Å². The first-order valence-electron chi connectivity index (χ1n) is 18.7. The molecule has 11 nitrogen and oxygen atoms in total. The zero-order valence-corrected chi connectivity index (χ0v) is 32.7. The van der Waals surface area contributed by atoms with Gasteiger partial charge in [0.05, 0.1) is 5.69 Å². The average Bonchev–Trinajstić information content (AvgIpc) is 3.22. The normalized spacial score (nSPS) is 11.4. The summed E-state index contributed by atoms with van der Waals surface area (Å²) >= 11 is 0. The Bertz CT molecular complexity index is 2380. The summed E-state index contributed by atoms with van der Waals surface area (Å²) in [5, 5.41) is 8.28. The second-order valence-corrected chi connectivity index (χ2v) is 14.4. The Morgan fingerprint density at radius 1 is 0.672 bits per heavy atom. The van der Waals surface area contributed by atoms with Gasteiger partial charge in [-0.3, -0.25) is 9.59 Å². The van der Waals surface area contributed by atoms with E-state index in [-0.39, 0.29) is 24.6 Å².